The predicted molar refractivity (Wildman–Crippen MR) is 89.4 cm³/mol. The molecule has 110 valence electrons. The van der Waals surface area contributed by atoms with Gasteiger partial charge < -0.3 is 9.47 Å². The first-order valence-corrected chi connectivity index (χ1v) is 7.92. The second-order valence-corrected chi connectivity index (χ2v) is 6.29. The standard InChI is InChI=1S/C15H11Br2ClO3/c1-20-13-7-10(15(18)19)6-12(17)14(13)21-8-9-2-4-11(16)5-3-9/h2-7H,8H2,1H3. The van der Waals surface area contributed by atoms with Gasteiger partial charge in [-0.05, 0) is 57.4 Å². The summed E-state index contributed by atoms with van der Waals surface area (Å²) < 4.78 is 12.7. The Labute approximate surface area is 144 Å². The molecule has 0 saturated heterocycles. The van der Waals surface area contributed by atoms with Crippen LogP contribution in [0.25, 0.3) is 0 Å². The molecule has 0 N–H and O–H groups in total. The second-order valence-electron chi connectivity index (χ2n) is 4.18. The Balaban J connectivity index is 2.23. The van der Waals surface area contributed by atoms with E-state index in [1.807, 2.05) is 24.3 Å². The third kappa shape index (κ3) is 4.22. The Morgan fingerprint density at radius 3 is 2.43 bits per heavy atom. The van der Waals surface area contributed by atoms with Crippen molar-refractivity contribution < 1.29 is 14.3 Å². The molecule has 6 heteroatoms. The average Bonchev–Trinajstić information content (AvgIpc) is 2.46. The smallest absolute Gasteiger partial charge is 0.252 e. The Morgan fingerprint density at radius 1 is 1.19 bits per heavy atom. The van der Waals surface area contributed by atoms with Crippen molar-refractivity contribution in [3.8, 4) is 11.5 Å². The van der Waals surface area contributed by atoms with Crippen LogP contribution in [0.3, 0.4) is 0 Å². The molecule has 0 atom stereocenters. The van der Waals surface area contributed by atoms with Crippen LogP contribution in [-0.2, 0) is 6.61 Å². The lowest BCUT2D eigenvalue weighted by Gasteiger charge is -2.13. The molecule has 0 aliphatic carbocycles. The molecule has 2 aromatic rings. The fraction of sp³-hybridized carbons (Fsp3) is 0.133. The lowest BCUT2D eigenvalue weighted by Crippen LogP contribution is -2.00. The van der Waals surface area contributed by atoms with Crippen LogP contribution in [0.15, 0.2) is 45.3 Å². The highest BCUT2D eigenvalue weighted by atomic mass is 79.9. The van der Waals surface area contributed by atoms with Crippen LogP contribution >= 0.6 is 43.5 Å². The van der Waals surface area contributed by atoms with Crippen molar-refractivity contribution in [3.05, 3.63) is 56.5 Å². The third-order valence-corrected chi connectivity index (χ3v) is 4.09. The third-order valence-electron chi connectivity index (χ3n) is 2.75. The minimum absolute atomic E-state index is 0.344. The molecular weight excluding hydrogens is 423 g/mol. The molecular formula is C15H11Br2ClO3. The molecule has 2 aromatic carbocycles. The van der Waals surface area contributed by atoms with E-state index in [-0.39, 0.29) is 0 Å². The van der Waals surface area contributed by atoms with Crippen molar-refractivity contribution in [1.29, 1.82) is 0 Å². The summed E-state index contributed by atoms with van der Waals surface area (Å²) in [5, 5.41) is -0.548. The minimum Gasteiger partial charge on any atom is -0.493 e. The van der Waals surface area contributed by atoms with E-state index < -0.39 is 5.24 Å². The number of hydrogen-bond donors (Lipinski definition) is 0. The summed E-state index contributed by atoms with van der Waals surface area (Å²) in [6.45, 7) is 0.385. The van der Waals surface area contributed by atoms with Crippen LogP contribution in [0.5, 0.6) is 11.5 Å². The van der Waals surface area contributed by atoms with E-state index in [1.165, 1.54) is 7.11 Å². The summed E-state index contributed by atoms with van der Waals surface area (Å²) in [5.74, 6) is 0.979. The molecule has 0 aliphatic heterocycles. The number of rotatable bonds is 5. The summed E-state index contributed by atoms with van der Waals surface area (Å²) in [4.78, 5) is 11.2. The zero-order valence-corrected chi connectivity index (χ0v) is 15.0. The first kappa shape index (κ1) is 16.3. The Bertz CT molecular complexity index is 657. The zero-order valence-electron chi connectivity index (χ0n) is 11.0. The molecule has 0 heterocycles. The lowest BCUT2D eigenvalue weighted by atomic mass is 10.2. The number of hydrogen-bond acceptors (Lipinski definition) is 3. The number of methoxy groups -OCH3 is 1. The Hall–Kier alpha value is -1.04. The number of carbonyl (C=O) groups excluding carboxylic acids is 1. The number of halogens is 3. The summed E-state index contributed by atoms with van der Waals surface area (Å²) >= 11 is 12.2. The Morgan fingerprint density at radius 2 is 1.86 bits per heavy atom. The molecule has 0 radical (unpaired) electrons. The molecule has 0 aromatic heterocycles. The maximum Gasteiger partial charge on any atom is 0.252 e. The summed E-state index contributed by atoms with van der Waals surface area (Å²) in [6, 6.07) is 11.0. The predicted octanol–water partition coefficient (Wildman–Crippen LogP) is 5.18. The van der Waals surface area contributed by atoms with Gasteiger partial charge in [-0.1, -0.05) is 28.1 Å². The van der Waals surface area contributed by atoms with E-state index in [1.54, 1.807) is 12.1 Å². The first-order valence-electron chi connectivity index (χ1n) is 5.96. The molecule has 0 fully saturated rings. The Kier molecular flexibility index (Phi) is 5.67. The highest BCUT2D eigenvalue weighted by molar-refractivity contribution is 9.10. The van der Waals surface area contributed by atoms with Crippen molar-refractivity contribution in [2.75, 3.05) is 7.11 Å². The maximum atomic E-state index is 11.2. The van der Waals surface area contributed by atoms with Gasteiger partial charge in [0, 0.05) is 10.0 Å². The van der Waals surface area contributed by atoms with Crippen LogP contribution < -0.4 is 9.47 Å². The van der Waals surface area contributed by atoms with Gasteiger partial charge in [-0.15, -0.1) is 0 Å². The molecule has 0 bridgehead atoms. The maximum absolute atomic E-state index is 11.2. The van der Waals surface area contributed by atoms with Gasteiger partial charge in [-0.3, -0.25) is 4.79 Å². The zero-order chi connectivity index (χ0) is 15.4. The average molecular weight is 435 g/mol. The van der Waals surface area contributed by atoms with E-state index in [4.69, 9.17) is 21.1 Å². The molecule has 2 rings (SSSR count). The van der Waals surface area contributed by atoms with Crippen molar-refractivity contribution in [2.45, 2.75) is 6.61 Å². The molecule has 0 unspecified atom stereocenters. The number of benzene rings is 2. The van der Waals surface area contributed by atoms with Gasteiger partial charge in [0.15, 0.2) is 11.5 Å². The van der Waals surface area contributed by atoms with E-state index in [0.717, 1.165) is 10.0 Å². The van der Waals surface area contributed by atoms with Crippen LogP contribution in [-0.4, -0.2) is 12.4 Å². The van der Waals surface area contributed by atoms with Gasteiger partial charge >= 0.3 is 0 Å². The molecule has 0 amide bonds. The summed E-state index contributed by atoms with van der Waals surface area (Å²) in [7, 11) is 1.51. The SMILES string of the molecule is COc1cc(C(=O)Cl)cc(Br)c1OCc1ccc(Br)cc1. The van der Waals surface area contributed by atoms with Crippen molar-refractivity contribution in [3.63, 3.8) is 0 Å². The fourth-order valence-electron chi connectivity index (χ4n) is 1.71. The van der Waals surface area contributed by atoms with Gasteiger partial charge in [0.2, 0.25) is 0 Å². The molecule has 0 saturated carbocycles. The van der Waals surface area contributed by atoms with Crippen molar-refractivity contribution in [1.82, 2.24) is 0 Å². The van der Waals surface area contributed by atoms with Gasteiger partial charge in [-0.25, -0.2) is 0 Å². The van der Waals surface area contributed by atoms with Gasteiger partial charge in [0.05, 0.1) is 11.6 Å². The summed E-state index contributed by atoms with van der Waals surface area (Å²) in [5.41, 5.74) is 1.36. The number of carbonyl (C=O) groups is 1. The van der Waals surface area contributed by atoms with Crippen LogP contribution in [0, 0.1) is 0 Å². The second kappa shape index (κ2) is 7.29. The molecule has 0 aliphatic rings. The monoisotopic (exact) mass is 432 g/mol. The van der Waals surface area contributed by atoms with E-state index >= 15 is 0 Å². The topological polar surface area (TPSA) is 35.5 Å². The number of ether oxygens (including phenoxy) is 2. The fourth-order valence-corrected chi connectivity index (χ4v) is 2.64. The van der Waals surface area contributed by atoms with E-state index in [9.17, 15) is 4.79 Å². The van der Waals surface area contributed by atoms with Crippen molar-refractivity contribution in [2.24, 2.45) is 0 Å². The minimum atomic E-state index is -0.548. The van der Waals surface area contributed by atoms with Crippen LogP contribution in [0.4, 0.5) is 0 Å². The molecule has 21 heavy (non-hydrogen) atoms. The van der Waals surface area contributed by atoms with Gasteiger partial charge in [0.1, 0.15) is 6.61 Å². The van der Waals surface area contributed by atoms with E-state index in [2.05, 4.69) is 31.9 Å². The van der Waals surface area contributed by atoms with Gasteiger partial charge in [-0.2, -0.15) is 0 Å². The lowest BCUT2D eigenvalue weighted by molar-refractivity contribution is 0.108. The largest absolute Gasteiger partial charge is 0.493 e. The van der Waals surface area contributed by atoms with Crippen LogP contribution in [0.2, 0.25) is 0 Å². The highest BCUT2D eigenvalue weighted by Crippen LogP contribution is 2.37. The van der Waals surface area contributed by atoms with Gasteiger partial charge in [0.25, 0.3) is 5.24 Å². The van der Waals surface area contributed by atoms with Crippen molar-refractivity contribution >= 4 is 48.7 Å². The quantitative estimate of drug-likeness (QED) is 0.609. The first-order chi connectivity index (χ1) is 10.0. The molecule has 3 nitrogen and oxygen atoms in total. The highest BCUT2D eigenvalue weighted by Gasteiger charge is 2.14. The van der Waals surface area contributed by atoms with E-state index in [0.29, 0.717) is 28.1 Å². The van der Waals surface area contributed by atoms with Crippen LogP contribution in [0.1, 0.15) is 15.9 Å². The summed E-state index contributed by atoms with van der Waals surface area (Å²) in [6.07, 6.45) is 0. The normalized spacial score (nSPS) is 10.3. The molecule has 0 spiro atoms.